The molecule has 0 saturated carbocycles. The highest BCUT2D eigenvalue weighted by atomic mass is 16.4. The van der Waals surface area contributed by atoms with Crippen molar-refractivity contribution >= 4 is 11.8 Å². The molecule has 2 rings (SSSR count). The van der Waals surface area contributed by atoms with Crippen LogP contribution in [0.15, 0.2) is 12.4 Å². The fourth-order valence-electron chi connectivity index (χ4n) is 2.57. The largest absolute Gasteiger partial charge is 0.481 e. The highest BCUT2D eigenvalue weighted by Crippen LogP contribution is 2.26. The Balaban J connectivity index is 2.20. The van der Waals surface area contributed by atoms with Crippen LogP contribution in [0.2, 0.25) is 0 Å². The Morgan fingerprint density at radius 2 is 2.16 bits per heavy atom. The maximum absolute atomic E-state index is 11.2. The van der Waals surface area contributed by atoms with E-state index in [2.05, 4.69) is 35.6 Å². The summed E-state index contributed by atoms with van der Waals surface area (Å²) in [4.78, 5) is 21.8. The van der Waals surface area contributed by atoms with Crippen LogP contribution in [-0.2, 0) is 4.79 Å². The van der Waals surface area contributed by atoms with E-state index >= 15 is 0 Å². The Bertz CT molecular complexity index is 462. The quantitative estimate of drug-likeness (QED) is 0.905. The van der Waals surface area contributed by atoms with Crippen LogP contribution in [0.3, 0.4) is 0 Å². The minimum Gasteiger partial charge on any atom is -0.481 e. The molecule has 0 aliphatic carbocycles. The van der Waals surface area contributed by atoms with Gasteiger partial charge in [-0.15, -0.1) is 0 Å². The molecule has 2 atom stereocenters. The van der Waals surface area contributed by atoms with Crippen LogP contribution in [0.1, 0.15) is 38.8 Å². The minimum atomic E-state index is -0.713. The van der Waals surface area contributed by atoms with E-state index in [0.717, 1.165) is 24.5 Å². The number of aromatic nitrogens is 2. The average Bonchev–Trinajstić information content (AvgIpc) is 2.38. The third-order valence-corrected chi connectivity index (χ3v) is 3.60. The van der Waals surface area contributed by atoms with Crippen LogP contribution in [0, 0.1) is 11.8 Å². The van der Waals surface area contributed by atoms with E-state index in [1.807, 2.05) is 6.07 Å². The lowest BCUT2D eigenvalue weighted by Crippen LogP contribution is -2.43. The molecule has 1 aromatic rings. The normalized spacial score (nSPS) is 23.7. The lowest BCUT2D eigenvalue weighted by molar-refractivity contribution is -0.142. The maximum atomic E-state index is 11.2. The zero-order valence-electron chi connectivity index (χ0n) is 11.7. The van der Waals surface area contributed by atoms with Crippen molar-refractivity contribution < 1.29 is 9.90 Å². The van der Waals surface area contributed by atoms with Crippen molar-refractivity contribution in [2.45, 2.75) is 33.1 Å². The Kier molecular flexibility index (Phi) is 4.02. The van der Waals surface area contributed by atoms with Gasteiger partial charge in [0.15, 0.2) is 0 Å². The van der Waals surface area contributed by atoms with E-state index in [1.165, 1.54) is 0 Å². The van der Waals surface area contributed by atoms with Crippen molar-refractivity contribution in [3.05, 3.63) is 18.1 Å². The number of aliphatic carboxylic acids is 1. The molecule has 104 valence electrons. The van der Waals surface area contributed by atoms with Gasteiger partial charge in [-0.1, -0.05) is 20.8 Å². The van der Waals surface area contributed by atoms with E-state index in [9.17, 15) is 9.90 Å². The van der Waals surface area contributed by atoms with E-state index in [4.69, 9.17) is 0 Å². The third kappa shape index (κ3) is 3.22. The SMILES string of the molecule is CC1CC(C(=O)O)CN(c2cc(C(C)C)ncn2)C1. The van der Waals surface area contributed by atoms with E-state index in [1.54, 1.807) is 6.33 Å². The second-order valence-electron chi connectivity index (χ2n) is 5.74. The number of hydrogen-bond donors (Lipinski definition) is 1. The van der Waals surface area contributed by atoms with Crippen LogP contribution in [0.5, 0.6) is 0 Å². The van der Waals surface area contributed by atoms with E-state index < -0.39 is 5.97 Å². The van der Waals surface area contributed by atoms with Gasteiger partial charge in [-0.25, -0.2) is 9.97 Å². The Labute approximate surface area is 113 Å². The summed E-state index contributed by atoms with van der Waals surface area (Å²) >= 11 is 0. The second kappa shape index (κ2) is 5.55. The summed E-state index contributed by atoms with van der Waals surface area (Å²) in [7, 11) is 0. The predicted octanol–water partition coefficient (Wildman–Crippen LogP) is 2.15. The van der Waals surface area contributed by atoms with Gasteiger partial charge in [0.1, 0.15) is 12.1 Å². The number of carbonyl (C=O) groups is 1. The maximum Gasteiger partial charge on any atom is 0.308 e. The molecule has 0 radical (unpaired) electrons. The topological polar surface area (TPSA) is 66.3 Å². The molecule has 2 unspecified atom stereocenters. The lowest BCUT2D eigenvalue weighted by atomic mass is 9.90. The standard InChI is InChI=1S/C14H21N3O2/c1-9(2)12-5-13(16-8-15-12)17-6-10(3)4-11(7-17)14(18)19/h5,8-11H,4,6-7H2,1-3H3,(H,18,19). The fourth-order valence-corrected chi connectivity index (χ4v) is 2.57. The van der Waals surface area contributed by atoms with Gasteiger partial charge in [0.25, 0.3) is 0 Å². The zero-order chi connectivity index (χ0) is 14.0. The van der Waals surface area contributed by atoms with E-state index in [0.29, 0.717) is 18.4 Å². The molecule has 19 heavy (non-hydrogen) atoms. The van der Waals surface area contributed by atoms with Gasteiger partial charge in [-0.3, -0.25) is 4.79 Å². The summed E-state index contributed by atoms with van der Waals surface area (Å²) in [5.41, 5.74) is 0.995. The van der Waals surface area contributed by atoms with E-state index in [-0.39, 0.29) is 5.92 Å². The molecule has 1 aromatic heterocycles. The van der Waals surface area contributed by atoms with Crippen molar-refractivity contribution in [2.75, 3.05) is 18.0 Å². The van der Waals surface area contributed by atoms with Crippen LogP contribution in [0.25, 0.3) is 0 Å². The summed E-state index contributed by atoms with van der Waals surface area (Å²) in [6.07, 6.45) is 2.31. The number of hydrogen-bond acceptors (Lipinski definition) is 4. The Morgan fingerprint density at radius 1 is 1.42 bits per heavy atom. The molecule has 2 heterocycles. The molecule has 1 aliphatic rings. The molecule has 1 fully saturated rings. The summed E-state index contributed by atoms with van der Waals surface area (Å²) in [6, 6.07) is 1.97. The molecule has 1 N–H and O–H groups in total. The minimum absolute atomic E-state index is 0.304. The Morgan fingerprint density at radius 3 is 2.79 bits per heavy atom. The molecule has 1 saturated heterocycles. The van der Waals surface area contributed by atoms with Gasteiger partial charge in [0.2, 0.25) is 0 Å². The number of nitrogens with zero attached hydrogens (tertiary/aromatic N) is 3. The molecule has 0 spiro atoms. The third-order valence-electron chi connectivity index (χ3n) is 3.60. The molecule has 0 amide bonds. The molecule has 5 heteroatoms. The summed E-state index contributed by atoms with van der Waals surface area (Å²) in [5, 5.41) is 9.20. The van der Waals surface area contributed by atoms with Crippen molar-refractivity contribution in [1.82, 2.24) is 9.97 Å². The van der Waals surface area contributed by atoms with Gasteiger partial charge in [-0.05, 0) is 18.3 Å². The monoisotopic (exact) mass is 263 g/mol. The molecule has 5 nitrogen and oxygen atoms in total. The van der Waals surface area contributed by atoms with Crippen LogP contribution in [0.4, 0.5) is 5.82 Å². The summed E-state index contributed by atoms with van der Waals surface area (Å²) < 4.78 is 0. The predicted molar refractivity (Wildman–Crippen MR) is 73.2 cm³/mol. The van der Waals surface area contributed by atoms with Crippen LogP contribution in [-0.4, -0.2) is 34.1 Å². The molecule has 0 bridgehead atoms. The van der Waals surface area contributed by atoms with Gasteiger partial charge in [0.05, 0.1) is 5.92 Å². The van der Waals surface area contributed by atoms with Crippen LogP contribution >= 0.6 is 0 Å². The molecular formula is C14H21N3O2. The van der Waals surface area contributed by atoms with Gasteiger partial charge < -0.3 is 10.0 Å². The van der Waals surface area contributed by atoms with Gasteiger partial charge in [-0.2, -0.15) is 0 Å². The van der Waals surface area contributed by atoms with Crippen molar-refractivity contribution in [1.29, 1.82) is 0 Å². The first kappa shape index (κ1) is 13.8. The van der Waals surface area contributed by atoms with Gasteiger partial charge in [0, 0.05) is 24.8 Å². The summed E-state index contributed by atoms with van der Waals surface area (Å²) in [6.45, 7) is 7.66. The first-order valence-corrected chi connectivity index (χ1v) is 6.77. The zero-order valence-corrected chi connectivity index (χ0v) is 11.7. The second-order valence-corrected chi connectivity index (χ2v) is 5.74. The average molecular weight is 263 g/mol. The fraction of sp³-hybridized carbons (Fsp3) is 0.643. The van der Waals surface area contributed by atoms with Crippen LogP contribution < -0.4 is 4.90 Å². The van der Waals surface area contributed by atoms with Crippen molar-refractivity contribution in [3.63, 3.8) is 0 Å². The van der Waals surface area contributed by atoms with Crippen molar-refractivity contribution in [2.24, 2.45) is 11.8 Å². The van der Waals surface area contributed by atoms with Gasteiger partial charge >= 0.3 is 5.97 Å². The number of piperidine rings is 1. The highest BCUT2D eigenvalue weighted by Gasteiger charge is 2.30. The molecule has 1 aliphatic heterocycles. The Hall–Kier alpha value is -1.65. The number of anilines is 1. The lowest BCUT2D eigenvalue weighted by Gasteiger charge is -2.35. The van der Waals surface area contributed by atoms with Crippen molar-refractivity contribution in [3.8, 4) is 0 Å². The number of carboxylic acids is 1. The summed E-state index contributed by atoms with van der Waals surface area (Å²) in [5.74, 6) is 0.541. The molecule has 0 aromatic carbocycles. The number of rotatable bonds is 3. The molecular weight excluding hydrogens is 242 g/mol. The highest BCUT2D eigenvalue weighted by molar-refractivity contribution is 5.71. The first-order chi connectivity index (χ1) is 8.97. The first-order valence-electron chi connectivity index (χ1n) is 6.77. The number of carboxylic acid groups (broad SMARTS) is 1. The smallest absolute Gasteiger partial charge is 0.308 e.